The van der Waals surface area contributed by atoms with E-state index >= 15 is 0 Å². The predicted octanol–water partition coefficient (Wildman–Crippen LogP) is 2.43. The van der Waals surface area contributed by atoms with Crippen molar-refractivity contribution in [2.45, 2.75) is 57.9 Å². The zero-order chi connectivity index (χ0) is 12.3. The number of hydrogen-bond acceptors (Lipinski definition) is 3. The number of carboxylic acids is 1. The second kappa shape index (κ2) is 5.29. The fraction of sp³-hybridized carbons (Fsp3) is 0.750. The molecule has 1 aromatic heterocycles. The largest absolute Gasteiger partial charge is 0.476 e. The standard InChI is InChI=1S/C12H19N3O2/c1-2-10-11(12(16)17)13-14-15(10)9-7-5-3-4-6-8-9/h9H,2-8H2,1H3,(H,16,17). The monoisotopic (exact) mass is 237 g/mol. The van der Waals surface area contributed by atoms with Crippen LogP contribution in [-0.2, 0) is 6.42 Å². The van der Waals surface area contributed by atoms with Crippen molar-refractivity contribution in [3.63, 3.8) is 0 Å². The number of rotatable bonds is 3. The molecular formula is C12H19N3O2. The first-order chi connectivity index (χ1) is 8.24. The SMILES string of the molecule is CCc1c(C(=O)O)nnn1C1CCCCCC1. The molecule has 0 aromatic carbocycles. The van der Waals surface area contributed by atoms with E-state index in [1.807, 2.05) is 11.6 Å². The molecule has 1 N–H and O–H groups in total. The molecule has 0 spiro atoms. The highest BCUT2D eigenvalue weighted by Crippen LogP contribution is 2.28. The van der Waals surface area contributed by atoms with Gasteiger partial charge < -0.3 is 5.11 Å². The quantitative estimate of drug-likeness (QED) is 0.820. The van der Waals surface area contributed by atoms with Gasteiger partial charge in [-0.05, 0) is 19.3 Å². The first-order valence-corrected chi connectivity index (χ1v) is 6.41. The summed E-state index contributed by atoms with van der Waals surface area (Å²) < 4.78 is 1.86. The van der Waals surface area contributed by atoms with E-state index in [0.717, 1.165) is 18.5 Å². The second-order valence-electron chi connectivity index (χ2n) is 4.63. The van der Waals surface area contributed by atoms with Crippen LogP contribution in [0.15, 0.2) is 0 Å². The number of aromatic carboxylic acids is 1. The first kappa shape index (κ1) is 12.1. The molecule has 1 aromatic rings. The molecule has 0 atom stereocenters. The van der Waals surface area contributed by atoms with Crippen LogP contribution in [0.2, 0.25) is 0 Å². The number of aromatic nitrogens is 3. The Labute approximate surface area is 101 Å². The minimum atomic E-state index is -0.971. The van der Waals surface area contributed by atoms with E-state index in [1.54, 1.807) is 0 Å². The van der Waals surface area contributed by atoms with Crippen molar-refractivity contribution in [3.8, 4) is 0 Å². The van der Waals surface area contributed by atoms with Crippen molar-refractivity contribution in [1.29, 1.82) is 0 Å². The number of carbonyl (C=O) groups is 1. The van der Waals surface area contributed by atoms with Crippen LogP contribution < -0.4 is 0 Å². The van der Waals surface area contributed by atoms with Gasteiger partial charge in [0.15, 0.2) is 5.69 Å². The van der Waals surface area contributed by atoms with Crippen LogP contribution in [0.4, 0.5) is 0 Å². The van der Waals surface area contributed by atoms with Gasteiger partial charge in [-0.15, -0.1) is 5.10 Å². The third-order valence-electron chi connectivity index (χ3n) is 3.50. The molecule has 0 saturated heterocycles. The maximum atomic E-state index is 11.0. The van der Waals surface area contributed by atoms with Crippen LogP contribution in [0.1, 0.15) is 67.7 Å². The minimum absolute atomic E-state index is 0.122. The fourth-order valence-electron chi connectivity index (χ4n) is 2.60. The molecule has 0 amide bonds. The lowest BCUT2D eigenvalue weighted by Crippen LogP contribution is -2.14. The Morgan fingerprint density at radius 3 is 2.53 bits per heavy atom. The molecule has 5 heteroatoms. The highest BCUT2D eigenvalue weighted by molar-refractivity contribution is 5.86. The van der Waals surface area contributed by atoms with Gasteiger partial charge in [0, 0.05) is 0 Å². The first-order valence-electron chi connectivity index (χ1n) is 6.41. The Morgan fingerprint density at radius 2 is 2.00 bits per heavy atom. The van der Waals surface area contributed by atoms with E-state index in [1.165, 1.54) is 25.7 Å². The van der Waals surface area contributed by atoms with Crippen LogP contribution in [0.5, 0.6) is 0 Å². The summed E-state index contributed by atoms with van der Waals surface area (Å²) in [4.78, 5) is 11.0. The summed E-state index contributed by atoms with van der Waals surface area (Å²) >= 11 is 0. The van der Waals surface area contributed by atoms with E-state index in [0.29, 0.717) is 12.5 Å². The molecule has 1 fully saturated rings. The van der Waals surface area contributed by atoms with Gasteiger partial charge in [-0.25, -0.2) is 9.48 Å². The van der Waals surface area contributed by atoms with E-state index < -0.39 is 5.97 Å². The minimum Gasteiger partial charge on any atom is -0.476 e. The van der Waals surface area contributed by atoms with Gasteiger partial charge in [-0.1, -0.05) is 37.8 Å². The van der Waals surface area contributed by atoms with Crippen LogP contribution >= 0.6 is 0 Å². The maximum Gasteiger partial charge on any atom is 0.358 e. The highest BCUT2D eigenvalue weighted by Gasteiger charge is 2.23. The molecular weight excluding hydrogens is 218 g/mol. The van der Waals surface area contributed by atoms with Gasteiger partial charge in [-0.2, -0.15) is 0 Å². The lowest BCUT2D eigenvalue weighted by Gasteiger charge is -2.16. The van der Waals surface area contributed by atoms with Gasteiger partial charge >= 0.3 is 5.97 Å². The summed E-state index contributed by atoms with van der Waals surface area (Å²) in [7, 11) is 0. The van der Waals surface area contributed by atoms with Gasteiger partial charge in [0.1, 0.15) is 0 Å². The van der Waals surface area contributed by atoms with E-state index in [4.69, 9.17) is 5.11 Å². The Kier molecular flexibility index (Phi) is 3.76. The van der Waals surface area contributed by atoms with Crippen molar-refractivity contribution < 1.29 is 9.90 Å². The summed E-state index contributed by atoms with van der Waals surface area (Å²) in [5.74, 6) is -0.971. The molecule has 17 heavy (non-hydrogen) atoms. The summed E-state index contributed by atoms with van der Waals surface area (Å²) in [6.07, 6.45) is 7.82. The van der Waals surface area contributed by atoms with Crippen molar-refractivity contribution in [2.24, 2.45) is 0 Å². The predicted molar refractivity (Wildman–Crippen MR) is 63.1 cm³/mol. The van der Waals surface area contributed by atoms with Crippen LogP contribution in [-0.4, -0.2) is 26.1 Å². The third kappa shape index (κ3) is 2.48. The van der Waals surface area contributed by atoms with E-state index in [2.05, 4.69) is 10.3 Å². The Hall–Kier alpha value is -1.39. The van der Waals surface area contributed by atoms with Crippen molar-refractivity contribution in [2.75, 3.05) is 0 Å². The van der Waals surface area contributed by atoms with Crippen LogP contribution in [0.3, 0.4) is 0 Å². The molecule has 0 radical (unpaired) electrons. The van der Waals surface area contributed by atoms with Gasteiger partial charge in [0.25, 0.3) is 0 Å². The van der Waals surface area contributed by atoms with Crippen molar-refractivity contribution in [3.05, 3.63) is 11.4 Å². The zero-order valence-corrected chi connectivity index (χ0v) is 10.2. The van der Waals surface area contributed by atoms with Gasteiger partial charge in [-0.3, -0.25) is 0 Å². The molecule has 1 heterocycles. The van der Waals surface area contributed by atoms with Gasteiger partial charge in [0.05, 0.1) is 11.7 Å². The maximum absolute atomic E-state index is 11.0. The number of carboxylic acid groups (broad SMARTS) is 1. The number of hydrogen-bond donors (Lipinski definition) is 1. The smallest absolute Gasteiger partial charge is 0.358 e. The lowest BCUT2D eigenvalue weighted by atomic mass is 10.1. The Balaban J connectivity index is 2.27. The summed E-state index contributed by atoms with van der Waals surface area (Å²) in [6.45, 7) is 1.96. The van der Waals surface area contributed by atoms with Crippen molar-refractivity contribution in [1.82, 2.24) is 15.0 Å². The lowest BCUT2D eigenvalue weighted by molar-refractivity contribution is 0.0689. The average molecular weight is 237 g/mol. The topological polar surface area (TPSA) is 68.0 Å². The molecule has 1 aliphatic rings. The molecule has 94 valence electrons. The molecule has 0 unspecified atom stereocenters. The average Bonchev–Trinajstić information content (AvgIpc) is 2.56. The van der Waals surface area contributed by atoms with Crippen LogP contribution in [0, 0.1) is 0 Å². The normalized spacial score (nSPS) is 17.9. The molecule has 1 aliphatic carbocycles. The Bertz CT molecular complexity index is 392. The summed E-state index contributed by atoms with van der Waals surface area (Å²) in [6, 6.07) is 0.341. The van der Waals surface area contributed by atoms with Crippen LogP contribution in [0.25, 0.3) is 0 Å². The second-order valence-corrected chi connectivity index (χ2v) is 4.63. The van der Waals surface area contributed by atoms with Gasteiger partial charge in [0.2, 0.25) is 0 Å². The molecule has 1 saturated carbocycles. The third-order valence-corrected chi connectivity index (χ3v) is 3.50. The zero-order valence-electron chi connectivity index (χ0n) is 10.2. The van der Waals surface area contributed by atoms with Crippen molar-refractivity contribution >= 4 is 5.97 Å². The fourth-order valence-corrected chi connectivity index (χ4v) is 2.60. The highest BCUT2D eigenvalue weighted by atomic mass is 16.4. The van der Waals surface area contributed by atoms with E-state index in [-0.39, 0.29) is 5.69 Å². The molecule has 0 aliphatic heterocycles. The summed E-state index contributed by atoms with van der Waals surface area (Å²) in [5.41, 5.74) is 0.890. The Morgan fingerprint density at radius 1 is 1.35 bits per heavy atom. The molecule has 2 rings (SSSR count). The number of nitrogens with zero attached hydrogens (tertiary/aromatic N) is 3. The molecule has 5 nitrogen and oxygen atoms in total. The van der Waals surface area contributed by atoms with E-state index in [9.17, 15) is 4.79 Å². The summed E-state index contributed by atoms with van der Waals surface area (Å²) in [5, 5.41) is 16.9. The molecule has 0 bridgehead atoms.